The summed E-state index contributed by atoms with van der Waals surface area (Å²) in [7, 11) is 1.88. The van der Waals surface area contributed by atoms with Gasteiger partial charge < -0.3 is 20.3 Å². The Hall–Kier alpha value is -3.71. The lowest BCUT2D eigenvalue weighted by molar-refractivity contribution is 0.0705. The number of anilines is 2. The van der Waals surface area contributed by atoms with E-state index in [1.807, 2.05) is 36.2 Å². The number of ether oxygens (including phenoxy) is 1. The maximum Gasteiger partial charge on any atom is 0.277 e. The number of rotatable bonds is 7. The molecular formula is C24H26N8O3S. The average molecular weight is 507 g/mol. The number of benzene rings is 1. The summed E-state index contributed by atoms with van der Waals surface area (Å²) in [5.74, 6) is 1.38. The van der Waals surface area contributed by atoms with Gasteiger partial charge in [-0.25, -0.2) is 25.4 Å². The number of nitrogens with zero attached hydrogens (tertiary/aromatic N) is 6. The van der Waals surface area contributed by atoms with E-state index >= 15 is 0 Å². The standard InChI is InChI=1S/C24H26N8O3S/c1-31(24-26-12-17(13-27-24)23(33)30-34)14-18-10-19-20(36-18)22(32-5-7-35-8-6-32)29-21(28-19)16-4-2-3-15(9-16)11-25/h2-4,9-10,12-13,34H,5-8,11,14,25H2,1H3,(H,30,33). The number of nitrogens with one attached hydrogen (secondary N) is 1. The van der Waals surface area contributed by atoms with Gasteiger partial charge in [0.15, 0.2) is 11.6 Å². The van der Waals surface area contributed by atoms with Gasteiger partial charge in [0.25, 0.3) is 5.91 Å². The number of hydrogen-bond donors (Lipinski definition) is 3. The van der Waals surface area contributed by atoms with Crippen molar-refractivity contribution in [3.63, 3.8) is 0 Å². The van der Waals surface area contributed by atoms with Crippen LogP contribution < -0.4 is 21.0 Å². The number of hydroxylamine groups is 1. The Morgan fingerprint density at radius 2 is 2.00 bits per heavy atom. The summed E-state index contributed by atoms with van der Waals surface area (Å²) in [4.78, 5) is 35.1. The molecule has 1 aliphatic rings. The van der Waals surface area contributed by atoms with Crippen molar-refractivity contribution in [1.82, 2.24) is 25.4 Å². The predicted octanol–water partition coefficient (Wildman–Crippen LogP) is 2.20. The van der Waals surface area contributed by atoms with Crippen molar-refractivity contribution in [2.75, 3.05) is 43.2 Å². The van der Waals surface area contributed by atoms with Crippen LogP contribution >= 0.6 is 11.3 Å². The molecule has 0 bridgehead atoms. The van der Waals surface area contributed by atoms with Crippen molar-refractivity contribution < 1.29 is 14.7 Å². The van der Waals surface area contributed by atoms with E-state index in [-0.39, 0.29) is 5.56 Å². The molecule has 1 aromatic carbocycles. The highest BCUT2D eigenvalue weighted by Gasteiger charge is 2.21. The van der Waals surface area contributed by atoms with Crippen LogP contribution in [0.5, 0.6) is 0 Å². The van der Waals surface area contributed by atoms with E-state index in [9.17, 15) is 4.79 Å². The normalized spacial score (nSPS) is 13.7. The maximum absolute atomic E-state index is 11.5. The molecular weight excluding hydrogens is 480 g/mol. The first-order valence-electron chi connectivity index (χ1n) is 11.5. The van der Waals surface area contributed by atoms with Gasteiger partial charge >= 0.3 is 0 Å². The third kappa shape index (κ3) is 4.97. The van der Waals surface area contributed by atoms with E-state index in [2.05, 4.69) is 20.9 Å². The van der Waals surface area contributed by atoms with Crippen LogP contribution in [-0.4, -0.2) is 64.4 Å². The summed E-state index contributed by atoms with van der Waals surface area (Å²) >= 11 is 1.64. The van der Waals surface area contributed by atoms with E-state index < -0.39 is 5.91 Å². The molecule has 0 spiro atoms. The quantitative estimate of drug-likeness (QED) is 0.252. The molecule has 0 aliphatic carbocycles. The third-order valence-electron chi connectivity index (χ3n) is 5.87. The van der Waals surface area contributed by atoms with Crippen LogP contribution in [0.4, 0.5) is 11.8 Å². The summed E-state index contributed by atoms with van der Waals surface area (Å²) < 4.78 is 6.58. The molecule has 5 rings (SSSR count). The lowest BCUT2D eigenvalue weighted by Gasteiger charge is -2.28. The Balaban J connectivity index is 1.48. The summed E-state index contributed by atoms with van der Waals surface area (Å²) in [5, 5.41) is 8.77. The van der Waals surface area contributed by atoms with Crippen LogP contribution in [-0.2, 0) is 17.8 Å². The smallest absolute Gasteiger partial charge is 0.277 e. The molecule has 1 fully saturated rings. The number of morpholine rings is 1. The number of carbonyl (C=O) groups excluding carboxylic acids is 1. The fourth-order valence-corrected chi connectivity index (χ4v) is 5.17. The molecule has 36 heavy (non-hydrogen) atoms. The SMILES string of the molecule is CN(Cc1cc2nc(-c3cccc(CN)c3)nc(N3CCOCC3)c2s1)c1ncc(C(=O)NO)cn1. The van der Waals surface area contributed by atoms with Crippen LogP contribution in [0.15, 0.2) is 42.7 Å². The highest BCUT2D eigenvalue weighted by Crippen LogP contribution is 2.35. The van der Waals surface area contributed by atoms with Crippen LogP contribution in [0.2, 0.25) is 0 Å². The van der Waals surface area contributed by atoms with Gasteiger partial charge in [-0.05, 0) is 17.7 Å². The Morgan fingerprint density at radius 3 is 2.72 bits per heavy atom. The third-order valence-corrected chi connectivity index (χ3v) is 6.98. The van der Waals surface area contributed by atoms with Crippen LogP contribution in [0.3, 0.4) is 0 Å². The number of nitrogens with two attached hydrogens (primary N) is 1. The average Bonchev–Trinajstić information content (AvgIpc) is 3.34. The monoisotopic (exact) mass is 506 g/mol. The molecule has 0 radical (unpaired) electrons. The zero-order valence-corrected chi connectivity index (χ0v) is 20.5. The van der Waals surface area contributed by atoms with Crippen molar-refractivity contribution in [3.05, 3.63) is 58.7 Å². The number of fused-ring (bicyclic) bond motifs is 1. The minimum atomic E-state index is -0.657. The number of carbonyl (C=O) groups is 1. The molecule has 12 heteroatoms. The van der Waals surface area contributed by atoms with E-state index in [1.54, 1.807) is 16.8 Å². The van der Waals surface area contributed by atoms with Crippen LogP contribution in [0.25, 0.3) is 21.6 Å². The number of aromatic nitrogens is 4. The van der Waals surface area contributed by atoms with E-state index in [4.69, 9.17) is 25.6 Å². The Kier molecular flexibility index (Phi) is 7.00. The second-order valence-electron chi connectivity index (χ2n) is 8.37. The Morgan fingerprint density at radius 1 is 1.22 bits per heavy atom. The van der Waals surface area contributed by atoms with Gasteiger partial charge in [-0.2, -0.15) is 0 Å². The van der Waals surface area contributed by atoms with Gasteiger partial charge in [0, 0.05) is 49.5 Å². The van der Waals surface area contributed by atoms with E-state index in [0.717, 1.165) is 45.1 Å². The Labute approximate surface area is 211 Å². The topological polar surface area (TPSA) is 143 Å². The second kappa shape index (κ2) is 10.5. The van der Waals surface area contributed by atoms with Gasteiger partial charge in [0.05, 0.1) is 35.5 Å². The number of amides is 1. The van der Waals surface area contributed by atoms with Gasteiger partial charge in [0.2, 0.25) is 5.95 Å². The Bertz CT molecular complexity index is 1370. The highest BCUT2D eigenvalue weighted by molar-refractivity contribution is 7.19. The summed E-state index contributed by atoms with van der Waals surface area (Å²) in [6.45, 7) is 3.85. The van der Waals surface area contributed by atoms with Crippen LogP contribution in [0.1, 0.15) is 20.8 Å². The lowest BCUT2D eigenvalue weighted by atomic mass is 10.1. The fraction of sp³-hybridized carbons (Fsp3) is 0.292. The highest BCUT2D eigenvalue weighted by atomic mass is 32.1. The molecule has 3 aromatic heterocycles. The predicted molar refractivity (Wildman–Crippen MR) is 137 cm³/mol. The van der Waals surface area contributed by atoms with E-state index in [1.165, 1.54) is 12.4 Å². The van der Waals surface area contributed by atoms with Gasteiger partial charge in [-0.1, -0.05) is 18.2 Å². The van der Waals surface area contributed by atoms with Gasteiger partial charge in [-0.3, -0.25) is 10.0 Å². The first-order valence-corrected chi connectivity index (χ1v) is 12.3. The zero-order valence-electron chi connectivity index (χ0n) is 19.7. The summed E-state index contributed by atoms with van der Waals surface area (Å²) in [6, 6.07) is 10.1. The number of hydrogen-bond acceptors (Lipinski definition) is 11. The summed E-state index contributed by atoms with van der Waals surface area (Å²) in [5.41, 5.74) is 10.4. The molecule has 0 atom stereocenters. The molecule has 11 nitrogen and oxygen atoms in total. The lowest BCUT2D eigenvalue weighted by Crippen LogP contribution is -2.36. The largest absolute Gasteiger partial charge is 0.378 e. The van der Waals surface area contributed by atoms with Crippen molar-refractivity contribution in [1.29, 1.82) is 0 Å². The van der Waals surface area contributed by atoms with Gasteiger partial charge in [-0.15, -0.1) is 11.3 Å². The molecule has 4 N–H and O–H groups in total. The minimum Gasteiger partial charge on any atom is -0.378 e. The van der Waals surface area contributed by atoms with Crippen molar-refractivity contribution in [2.24, 2.45) is 5.73 Å². The summed E-state index contributed by atoms with van der Waals surface area (Å²) in [6.07, 6.45) is 2.75. The van der Waals surface area contributed by atoms with E-state index in [0.29, 0.717) is 38.1 Å². The van der Waals surface area contributed by atoms with Crippen molar-refractivity contribution in [2.45, 2.75) is 13.1 Å². The molecule has 4 heterocycles. The zero-order chi connectivity index (χ0) is 25.1. The molecule has 1 saturated heterocycles. The maximum atomic E-state index is 11.5. The second-order valence-corrected chi connectivity index (χ2v) is 9.51. The molecule has 0 unspecified atom stereocenters. The molecule has 186 valence electrons. The fourth-order valence-electron chi connectivity index (χ4n) is 4.00. The molecule has 4 aromatic rings. The van der Waals surface area contributed by atoms with Crippen LogP contribution in [0, 0.1) is 0 Å². The molecule has 0 saturated carbocycles. The molecule has 1 aliphatic heterocycles. The van der Waals surface area contributed by atoms with Crippen molar-refractivity contribution in [3.8, 4) is 11.4 Å². The first-order chi connectivity index (χ1) is 17.6. The number of thiophene rings is 1. The minimum absolute atomic E-state index is 0.174. The van der Waals surface area contributed by atoms with Crippen molar-refractivity contribution >= 4 is 39.2 Å². The van der Waals surface area contributed by atoms with Gasteiger partial charge in [0.1, 0.15) is 0 Å². The first kappa shape index (κ1) is 24.0. The molecule has 1 amide bonds.